The number of nitrogens with one attached hydrogen (secondary N) is 1. The van der Waals surface area contributed by atoms with E-state index in [1.54, 1.807) is 18.3 Å². The van der Waals surface area contributed by atoms with Crippen molar-refractivity contribution in [3.05, 3.63) is 24.0 Å². The van der Waals surface area contributed by atoms with Gasteiger partial charge in [-0.05, 0) is 12.1 Å². The van der Waals surface area contributed by atoms with E-state index < -0.39 is 0 Å². The highest BCUT2D eigenvalue weighted by Crippen LogP contribution is 1.93. The minimum Gasteiger partial charge on any atom is -0.411 e. The number of Topliss-reactive ketones (excluding diaryl/α,β-unsaturated/α-hetero) is 1. The SMILES string of the molecule is O=C(/C=N/O)c1ccc[nH]1. The molecule has 0 aromatic carbocycles. The molecule has 0 saturated carbocycles. The van der Waals surface area contributed by atoms with Gasteiger partial charge in [0.15, 0.2) is 0 Å². The second kappa shape index (κ2) is 2.82. The van der Waals surface area contributed by atoms with Gasteiger partial charge in [-0.25, -0.2) is 0 Å². The van der Waals surface area contributed by atoms with Gasteiger partial charge >= 0.3 is 0 Å². The van der Waals surface area contributed by atoms with Gasteiger partial charge in [-0.3, -0.25) is 4.79 Å². The maximum Gasteiger partial charge on any atom is 0.223 e. The lowest BCUT2D eigenvalue weighted by Gasteiger charge is -1.84. The number of carbonyl (C=O) groups excluding carboxylic acids is 1. The molecule has 2 N–H and O–H groups in total. The van der Waals surface area contributed by atoms with E-state index in [1.165, 1.54) is 0 Å². The highest BCUT2D eigenvalue weighted by molar-refractivity contribution is 6.34. The molecule has 0 unspecified atom stereocenters. The number of hydrogen-bond donors (Lipinski definition) is 2. The van der Waals surface area contributed by atoms with Crippen LogP contribution in [0, 0.1) is 0 Å². The van der Waals surface area contributed by atoms with Crippen molar-refractivity contribution in [2.45, 2.75) is 0 Å². The Hall–Kier alpha value is -1.58. The number of ketones is 1. The van der Waals surface area contributed by atoms with Gasteiger partial charge in [0, 0.05) is 6.20 Å². The summed E-state index contributed by atoms with van der Waals surface area (Å²) in [5.74, 6) is -0.340. The maximum absolute atomic E-state index is 10.8. The third-order valence-electron chi connectivity index (χ3n) is 1.04. The second-order valence-corrected chi connectivity index (χ2v) is 1.69. The molecular weight excluding hydrogens is 132 g/mol. The number of nitrogens with zero attached hydrogens (tertiary/aromatic N) is 1. The van der Waals surface area contributed by atoms with Crippen molar-refractivity contribution in [3.8, 4) is 0 Å². The fourth-order valence-electron chi connectivity index (χ4n) is 0.606. The first-order chi connectivity index (χ1) is 4.84. The lowest BCUT2D eigenvalue weighted by Crippen LogP contribution is -1.99. The molecule has 1 aromatic rings. The summed E-state index contributed by atoms with van der Waals surface area (Å²) in [7, 11) is 0. The Morgan fingerprint density at radius 1 is 1.80 bits per heavy atom. The summed E-state index contributed by atoms with van der Waals surface area (Å²) in [4.78, 5) is 13.4. The average Bonchev–Trinajstić information content (AvgIpc) is 2.38. The Morgan fingerprint density at radius 2 is 2.60 bits per heavy atom. The quantitative estimate of drug-likeness (QED) is 0.273. The summed E-state index contributed by atoms with van der Waals surface area (Å²) in [5, 5.41) is 10.6. The van der Waals surface area contributed by atoms with Crippen molar-refractivity contribution >= 4 is 12.0 Å². The van der Waals surface area contributed by atoms with Crippen LogP contribution >= 0.6 is 0 Å². The van der Waals surface area contributed by atoms with Crippen molar-refractivity contribution in [2.24, 2.45) is 5.16 Å². The van der Waals surface area contributed by atoms with E-state index in [9.17, 15) is 4.79 Å². The molecule has 1 heterocycles. The zero-order valence-electron chi connectivity index (χ0n) is 5.11. The van der Waals surface area contributed by atoms with Crippen LogP contribution in [-0.2, 0) is 0 Å². The van der Waals surface area contributed by atoms with E-state index in [0.29, 0.717) is 5.69 Å². The number of hydrogen-bond acceptors (Lipinski definition) is 3. The molecule has 0 spiro atoms. The molecule has 0 aliphatic heterocycles. The number of H-pyrrole nitrogens is 1. The lowest BCUT2D eigenvalue weighted by atomic mass is 10.3. The molecule has 0 radical (unpaired) electrons. The maximum atomic E-state index is 10.8. The highest BCUT2D eigenvalue weighted by atomic mass is 16.4. The minimum atomic E-state index is -0.340. The molecule has 0 bridgehead atoms. The molecule has 0 aliphatic carbocycles. The molecular formula is C6H6N2O2. The van der Waals surface area contributed by atoms with Crippen LogP contribution in [0.15, 0.2) is 23.5 Å². The highest BCUT2D eigenvalue weighted by Gasteiger charge is 2.00. The fourth-order valence-corrected chi connectivity index (χ4v) is 0.606. The van der Waals surface area contributed by atoms with Crippen LogP contribution in [-0.4, -0.2) is 22.2 Å². The van der Waals surface area contributed by atoms with Crippen LogP contribution in [0.4, 0.5) is 0 Å². The molecule has 10 heavy (non-hydrogen) atoms. The van der Waals surface area contributed by atoms with E-state index in [4.69, 9.17) is 5.21 Å². The average molecular weight is 138 g/mol. The van der Waals surface area contributed by atoms with Gasteiger partial charge < -0.3 is 10.2 Å². The molecule has 0 amide bonds. The van der Waals surface area contributed by atoms with Gasteiger partial charge in [-0.15, -0.1) is 0 Å². The predicted octanol–water partition coefficient (Wildman–Crippen LogP) is 0.657. The smallest absolute Gasteiger partial charge is 0.223 e. The van der Waals surface area contributed by atoms with Gasteiger partial charge in [0.25, 0.3) is 0 Å². The van der Waals surface area contributed by atoms with Crippen molar-refractivity contribution in [2.75, 3.05) is 0 Å². The Labute approximate surface area is 57.2 Å². The fraction of sp³-hybridized carbons (Fsp3) is 0. The zero-order valence-corrected chi connectivity index (χ0v) is 5.11. The van der Waals surface area contributed by atoms with Gasteiger partial charge in [-0.2, -0.15) is 0 Å². The number of aromatic amines is 1. The van der Waals surface area contributed by atoms with E-state index in [2.05, 4.69) is 10.1 Å². The summed E-state index contributed by atoms with van der Waals surface area (Å²) in [6.07, 6.45) is 2.46. The third kappa shape index (κ3) is 1.22. The number of aromatic nitrogens is 1. The summed E-state index contributed by atoms with van der Waals surface area (Å²) in [6.45, 7) is 0. The summed E-state index contributed by atoms with van der Waals surface area (Å²) in [6, 6.07) is 3.29. The Kier molecular flexibility index (Phi) is 1.84. The molecule has 0 fully saturated rings. The number of carbonyl (C=O) groups is 1. The van der Waals surface area contributed by atoms with Crippen LogP contribution < -0.4 is 0 Å². The zero-order chi connectivity index (χ0) is 7.40. The van der Waals surface area contributed by atoms with Crippen molar-refractivity contribution in [1.82, 2.24) is 4.98 Å². The van der Waals surface area contributed by atoms with Crippen LogP contribution in [0.5, 0.6) is 0 Å². The van der Waals surface area contributed by atoms with Gasteiger partial charge in [0.2, 0.25) is 5.78 Å². The third-order valence-corrected chi connectivity index (χ3v) is 1.04. The van der Waals surface area contributed by atoms with E-state index in [1.807, 2.05) is 0 Å². The standard InChI is InChI=1S/C6H6N2O2/c9-6(4-8-10)5-2-1-3-7-5/h1-4,7,10H/b8-4+. The second-order valence-electron chi connectivity index (χ2n) is 1.69. The first kappa shape index (κ1) is 6.54. The van der Waals surface area contributed by atoms with Crippen molar-refractivity contribution in [1.29, 1.82) is 0 Å². The van der Waals surface area contributed by atoms with E-state index >= 15 is 0 Å². The molecule has 4 nitrogen and oxygen atoms in total. The summed E-state index contributed by atoms with van der Waals surface area (Å²) in [5.41, 5.74) is 0.415. The Morgan fingerprint density at radius 3 is 3.10 bits per heavy atom. The molecule has 1 aromatic heterocycles. The first-order valence-corrected chi connectivity index (χ1v) is 2.70. The van der Waals surface area contributed by atoms with Gasteiger partial charge in [0.05, 0.1) is 5.69 Å². The molecule has 0 atom stereocenters. The van der Waals surface area contributed by atoms with Crippen LogP contribution in [0.1, 0.15) is 10.5 Å². The van der Waals surface area contributed by atoms with E-state index in [0.717, 1.165) is 6.21 Å². The topological polar surface area (TPSA) is 65.4 Å². The Bertz CT molecular complexity index is 238. The monoisotopic (exact) mass is 138 g/mol. The molecule has 0 saturated heterocycles. The summed E-state index contributed by atoms with van der Waals surface area (Å²) < 4.78 is 0. The van der Waals surface area contributed by atoms with Crippen LogP contribution in [0.3, 0.4) is 0 Å². The van der Waals surface area contributed by atoms with Crippen molar-refractivity contribution in [3.63, 3.8) is 0 Å². The lowest BCUT2D eigenvalue weighted by molar-refractivity contribution is 0.106. The first-order valence-electron chi connectivity index (χ1n) is 2.70. The number of oxime groups is 1. The molecule has 4 heteroatoms. The molecule has 1 rings (SSSR count). The predicted molar refractivity (Wildman–Crippen MR) is 35.4 cm³/mol. The van der Waals surface area contributed by atoms with Crippen LogP contribution in [0.25, 0.3) is 0 Å². The Balaban J connectivity index is 2.78. The summed E-state index contributed by atoms with van der Waals surface area (Å²) >= 11 is 0. The molecule has 52 valence electrons. The molecule has 0 aliphatic rings. The number of rotatable bonds is 2. The van der Waals surface area contributed by atoms with Crippen LogP contribution in [0.2, 0.25) is 0 Å². The largest absolute Gasteiger partial charge is 0.411 e. The van der Waals surface area contributed by atoms with Gasteiger partial charge in [0.1, 0.15) is 6.21 Å². The van der Waals surface area contributed by atoms with E-state index in [-0.39, 0.29) is 5.78 Å². The minimum absolute atomic E-state index is 0.340. The van der Waals surface area contributed by atoms with Gasteiger partial charge in [-0.1, -0.05) is 5.16 Å². The normalized spacial score (nSPS) is 10.4. The van der Waals surface area contributed by atoms with Crippen molar-refractivity contribution < 1.29 is 10.0 Å².